The molecule has 0 fully saturated rings. The van der Waals surface area contributed by atoms with Gasteiger partial charge in [0.05, 0.1) is 0 Å². The van der Waals surface area contributed by atoms with Crippen LogP contribution in [0.5, 0.6) is 0 Å². The topological polar surface area (TPSA) is 0 Å². The van der Waals surface area contributed by atoms with Crippen LogP contribution in [0.1, 0.15) is 143 Å². The van der Waals surface area contributed by atoms with Crippen molar-refractivity contribution in [1.82, 2.24) is 0 Å². The molecule has 300 valence electrons. The first kappa shape index (κ1) is 49.0. The first-order valence-corrected chi connectivity index (χ1v) is 19.1. The number of hydrogen-bond donors (Lipinski definition) is 0. The lowest BCUT2D eigenvalue weighted by molar-refractivity contribution is 0.542. The summed E-state index contributed by atoms with van der Waals surface area (Å²) >= 11 is 5.69. The van der Waals surface area contributed by atoms with E-state index in [1.165, 1.54) is 53.1 Å². The Morgan fingerprint density at radius 2 is 0.818 bits per heavy atom. The fourth-order valence-corrected chi connectivity index (χ4v) is 5.91. The largest absolute Gasteiger partial charge is 0.207 e. The SMILES string of the molecule is CC(C)c1c(F)cccc1F.CC(C)c1cc(Cl)ccc1F.CC(C)c1cc(F)ccc1F.Cc1ccc(C)c(C(C)C)c1.Cc1cccc(F)c1C(C)C. The van der Waals surface area contributed by atoms with Crippen LogP contribution in [0.3, 0.4) is 0 Å². The highest BCUT2D eigenvalue weighted by Crippen LogP contribution is 2.24. The van der Waals surface area contributed by atoms with Crippen molar-refractivity contribution in [3.8, 4) is 0 Å². The Labute approximate surface area is 332 Å². The molecule has 0 aliphatic rings. The molecule has 0 amide bonds. The van der Waals surface area contributed by atoms with E-state index in [1.807, 2.05) is 54.5 Å². The summed E-state index contributed by atoms with van der Waals surface area (Å²) in [5.41, 5.74) is 7.41. The maximum atomic E-state index is 13.1. The van der Waals surface area contributed by atoms with Crippen LogP contribution in [0, 0.1) is 55.7 Å². The van der Waals surface area contributed by atoms with Gasteiger partial charge in [0.2, 0.25) is 0 Å². The van der Waals surface area contributed by atoms with Crippen molar-refractivity contribution < 1.29 is 26.3 Å². The zero-order valence-electron chi connectivity index (χ0n) is 34.7. The summed E-state index contributed by atoms with van der Waals surface area (Å²) in [6.07, 6.45) is 0. The monoisotopic (exact) mass is 784 g/mol. The van der Waals surface area contributed by atoms with E-state index in [4.69, 9.17) is 11.6 Å². The predicted octanol–water partition coefficient (Wildman–Crippen LogP) is 16.5. The van der Waals surface area contributed by atoms with Gasteiger partial charge in [0, 0.05) is 10.6 Å². The molecule has 0 saturated heterocycles. The summed E-state index contributed by atoms with van der Waals surface area (Å²) in [6.45, 7) is 25.8. The summed E-state index contributed by atoms with van der Waals surface area (Å²) in [7, 11) is 0. The van der Waals surface area contributed by atoms with Crippen LogP contribution in [0.2, 0.25) is 5.02 Å². The molecule has 0 aromatic heterocycles. The van der Waals surface area contributed by atoms with Gasteiger partial charge in [0.1, 0.15) is 34.9 Å². The first-order valence-electron chi connectivity index (χ1n) is 18.7. The highest BCUT2D eigenvalue weighted by molar-refractivity contribution is 6.30. The smallest absolute Gasteiger partial charge is 0.129 e. The minimum absolute atomic E-state index is 0.0331. The minimum atomic E-state index is -0.458. The molecule has 55 heavy (non-hydrogen) atoms. The number of hydrogen-bond acceptors (Lipinski definition) is 0. The Morgan fingerprint density at radius 1 is 0.382 bits per heavy atom. The lowest BCUT2D eigenvalue weighted by atomic mass is 9.96. The van der Waals surface area contributed by atoms with Crippen molar-refractivity contribution in [2.75, 3.05) is 0 Å². The Kier molecular flexibility index (Phi) is 21.2. The van der Waals surface area contributed by atoms with E-state index >= 15 is 0 Å². The predicted molar refractivity (Wildman–Crippen MR) is 222 cm³/mol. The third kappa shape index (κ3) is 16.7. The van der Waals surface area contributed by atoms with Gasteiger partial charge in [-0.1, -0.05) is 123 Å². The van der Waals surface area contributed by atoms with E-state index in [0.29, 0.717) is 22.1 Å². The van der Waals surface area contributed by atoms with Crippen LogP contribution >= 0.6 is 11.6 Å². The molecular formula is C48H59ClF6. The molecule has 0 N–H and O–H groups in total. The molecule has 0 atom stereocenters. The Balaban J connectivity index is 0.000000344. The maximum Gasteiger partial charge on any atom is 0.129 e. The molecule has 0 heterocycles. The Morgan fingerprint density at radius 3 is 1.18 bits per heavy atom. The minimum Gasteiger partial charge on any atom is -0.207 e. The summed E-state index contributed by atoms with van der Waals surface area (Å²) in [5.74, 6) is -0.845. The van der Waals surface area contributed by atoms with Gasteiger partial charge in [0.25, 0.3) is 0 Å². The average molecular weight is 785 g/mol. The maximum absolute atomic E-state index is 13.1. The molecule has 0 aliphatic heterocycles. The van der Waals surface area contributed by atoms with Gasteiger partial charge in [-0.15, -0.1) is 0 Å². The van der Waals surface area contributed by atoms with Crippen molar-refractivity contribution in [2.24, 2.45) is 0 Å². The third-order valence-electron chi connectivity index (χ3n) is 8.64. The molecule has 0 aliphatic carbocycles. The van der Waals surface area contributed by atoms with Crippen LogP contribution in [0.15, 0.2) is 91.0 Å². The molecule has 5 aromatic carbocycles. The lowest BCUT2D eigenvalue weighted by Crippen LogP contribution is -1.96. The first-order chi connectivity index (χ1) is 25.6. The molecule has 7 heteroatoms. The molecule has 0 unspecified atom stereocenters. The van der Waals surface area contributed by atoms with E-state index in [0.717, 1.165) is 23.3 Å². The van der Waals surface area contributed by atoms with Gasteiger partial charge >= 0.3 is 0 Å². The van der Waals surface area contributed by atoms with E-state index in [9.17, 15) is 26.3 Å². The van der Waals surface area contributed by atoms with Gasteiger partial charge < -0.3 is 0 Å². The van der Waals surface area contributed by atoms with Gasteiger partial charge in [0.15, 0.2) is 0 Å². The van der Waals surface area contributed by atoms with Crippen LogP contribution < -0.4 is 0 Å². The zero-order valence-corrected chi connectivity index (χ0v) is 35.4. The number of benzene rings is 5. The van der Waals surface area contributed by atoms with Crippen LogP contribution in [0.4, 0.5) is 26.3 Å². The number of aryl methyl sites for hydroxylation is 3. The van der Waals surface area contributed by atoms with Crippen LogP contribution in [-0.2, 0) is 0 Å². The third-order valence-corrected chi connectivity index (χ3v) is 8.88. The molecule has 0 radical (unpaired) electrons. The normalized spacial score (nSPS) is 10.6. The van der Waals surface area contributed by atoms with E-state index in [1.54, 1.807) is 32.0 Å². The molecule has 0 saturated carbocycles. The Bertz CT molecular complexity index is 1680. The van der Waals surface area contributed by atoms with Gasteiger partial charge in [-0.3, -0.25) is 0 Å². The van der Waals surface area contributed by atoms with Gasteiger partial charge in [-0.2, -0.15) is 0 Å². The fraction of sp³-hybridized carbons (Fsp3) is 0.375. The molecule has 0 bridgehead atoms. The Hall–Kier alpha value is -4.03. The van der Waals surface area contributed by atoms with Crippen molar-refractivity contribution >= 4 is 11.6 Å². The van der Waals surface area contributed by atoms with Crippen molar-refractivity contribution in [3.63, 3.8) is 0 Å². The van der Waals surface area contributed by atoms with Crippen molar-refractivity contribution in [2.45, 2.75) is 120 Å². The van der Waals surface area contributed by atoms with E-state index < -0.39 is 11.6 Å². The summed E-state index contributed by atoms with van der Waals surface area (Å²) < 4.78 is 77.2. The lowest BCUT2D eigenvalue weighted by Gasteiger charge is -2.09. The average Bonchev–Trinajstić information content (AvgIpc) is 3.08. The summed E-state index contributed by atoms with van der Waals surface area (Å²) in [4.78, 5) is 0. The van der Waals surface area contributed by atoms with Crippen molar-refractivity contribution in [1.29, 1.82) is 0 Å². The van der Waals surface area contributed by atoms with Gasteiger partial charge in [-0.25, -0.2) is 26.3 Å². The highest BCUT2D eigenvalue weighted by atomic mass is 35.5. The molecule has 0 nitrogen and oxygen atoms in total. The second kappa shape index (κ2) is 23.8. The molecule has 0 spiro atoms. The second-order valence-electron chi connectivity index (χ2n) is 15.1. The zero-order chi connectivity index (χ0) is 42.2. The molecular weight excluding hydrogens is 726 g/mol. The van der Waals surface area contributed by atoms with E-state index in [-0.39, 0.29) is 52.5 Å². The standard InChI is InChI=1S/C11H16.C10H13F.C9H10ClF.2C9H10F2/c1-8(2)11-7-9(3)5-6-10(11)4;1-7(2)10-8(3)5-4-6-9(10)11;2*1-6(2)8-5-7(10)3-4-9(8)11;1-6(2)9-7(10)4-3-5-8(9)11/h5-8H,1-4H3;4-7H,1-3H3;3*3-6H,1-2H3. The van der Waals surface area contributed by atoms with Gasteiger partial charge in [-0.05, 0) is 138 Å². The quantitative estimate of drug-likeness (QED) is 0.156. The summed E-state index contributed by atoms with van der Waals surface area (Å²) in [6, 6.07) is 23.9. The highest BCUT2D eigenvalue weighted by Gasteiger charge is 2.11. The summed E-state index contributed by atoms with van der Waals surface area (Å²) in [5, 5.41) is 0.593. The van der Waals surface area contributed by atoms with Crippen LogP contribution in [-0.4, -0.2) is 0 Å². The fourth-order valence-electron chi connectivity index (χ4n) is 5.73. The van der Waals surface area contributed by atoms with Crippen molar-refractivity contribution in [3.05, 3.63) is 175 Å². The van der Waals surface area contributed by atoms with Crippen LogP contribution in [0.25, 0.3) is 0 Å². The second-order valence-corrected chi connectivity index (χ2v) is 15.5. The number of halogens is 7. The number of rotatable bonds is 5. The molecule has 5 rings (SSSR count). The molecule has 5 aromatic rings. The van der Waals surface area contributed by atoms with E-state index in [2.05, 4.69) is 45.9 Å².